The molecule has 0 N–H and O–H groups in total. The molecule has 0 radical (unpaired) electrons. The molecule has 5 nitrogen and oxygen atoms in total. The van der Waals surface area contributed by atoms with Crippen LogP contribution in [-0.2, 0) is 11.3 Å². The molecule has 0 saturated carbocycles. The second-order valence-corrected chi connectivity index (χ2v) is 4.56. The number of carbonyl (C=O) groups excluding carboxylic acids is 1. The van der Waals surface area contributed by atoms with E-state index in [4.69, 9.17) is 0 Å². The topological polar surface area (TPSA) is 51.0 Å². The lowest BCUT2D eigenvalue weighted by Crippen LogP contribution is -2.35. The lowest BCUT2D eigenvalue weighted by Gasteiger charge is -2.29. The quantitative estimate of drug-likeness (QED) is 0.749. The minimum atomic E-state index is 0.198. The van der Waals surface area contributed by atoms with Gasteiger partial charge in [0.05, 0.1) is 12.6 Å². The zero-order chi connectivity index (χ0) is 12.5. The zero-order valence-corrected chi connectivity index (χ0v) is 10.2. The molecule has 0 spiro atoms. The number of rotatable bonds is 2. The number of fused-ring (bicyclic) bond motifs is 1. The van der Waals surface area contributed by atoms with E-state index in [-0.39, 0.29) is 6.04 Å². The molecule has 1 atom stereocenters. The van der Waals surface area contributed by atoms with Gasteiger partial charge >= 0.3 is 0 Å². The van der Waals surface area contributed by atoms with E-state index in [0.717, 1.165) is 23.6 Å². The number of amides is 1. The van der Waals surface area contributed by atoms with Crippen molar-refractivity contribution in [3.05, 3.63) is 36.2 Å². The average molecular weight is 242 g/mol. The summed E-state index contributed by atoms with van der Waals surface area (Å²) in [6.45, 7) is 3.32. The Morgan fingerprint density at radius 1 is 1.28 bits per heavy atom. The van der Waals surface area contributed by atoms with Gasteiger partial charge in [0, 0.05) is 12.1 Å². The van der Waals surface area contributed by atoms with Crippen LogP contribution >= 0.6 is 0 Å². The predicted molar refractivity (Wildman–Crippen MR) is 66.6 cm³/mol. The highest BCUT2D eigenvalue weighted by Crippen LogP contribution is 2.26. The molecule has 0 bridgehead atoms. The molecule has 3 rings (SSSR count). The second-order valence-electron chi connectivity index (χ2n) is 4.56. The third-order valence-corrected chi connectivity index (χ3v) is 3.23. The molecule has 0 aliphatic carbocycles. The second kappa shape index (κ2) is 4.25. The Kier molecular flexibility index (Phi) is 2.59. The lowest BCUT2D eigenvalue weighted by molar-refractivity contribution is -0.119. The van der Waals surface area contributed by atoms with Crippen molar-refractivity contribution in [3.63, 3.8) is 0 Å². The first-order chi connectivity index (χ1) is 8.79. The van der Waals surface area contributed by atoms with Crippen LogP contribution in [0.2, 0.25) is 0 Å². The minimum absolute atomic E-state index is 0.198. The van der Waals surface area contributed by atoms with Gasteiger partial charge in [0.25, 0.3) is 0 Å². The minimum Gasteiger partial charge on any atom is -0.336 e. The summed E-state index contributed by atoms with van der Waals surface area (Å²) in [7, 11) is 0. The molecule has 5 heteroatoms. The number of carbonyl (C=O) groups is 1. The van der Waals surface area contributed by atoms with Crippen molar-refractivity contribution in [2.75, 3.05) is 6.54 Å². The Labute approximate surface area is 105 Å². The molecule has 1 aromatic carbocycles. The first-order valence-corrected chi connectivity index (χ1v) is 5.98. The molecule has 1 aliphatic rings. The van der Waals surface area contributed by atoms with Crippen LogP contribution in [0.4, 0.5) is 0 Å². The zero-order valence-electron chi connectivity index (χ0n) is 10.2. The summed E-state index contributed by atoms with van der Waals surface area (Å²) in [5.74, 6) is 1.73. The fourth-order valence-electron chi connectivity index (χ4n) is 2.43. The van der Waals surface area contributed by atoms with E-state index in [1.165, 1.54) is 0 Å². The maximum Gasteiger partial charge on any atom is 0.210 e. The fraction of sp³-hybridized carbons (Fsp3) is 0.308. The molecule has 1 aliphatic heterocycles. The van der Waals surface area contributed by atoms with Crippen molar-refractivity contribution in [2.24, 2.45) is 0 Å². The molecule has 1 unspecified atom stereocenters. The molecule has 18 heavy (non-hydrogen) atoms. The first kappa shape index (κ1) is 11.0. The van der Waals surface area contributed by atoms with Gasteiger partial charge in [-0.15, -0.1) is 10.2 Å². The Morgan fingerprint density at radius 2 is 2.06 bits per heavy atom. The van der Waals surface area contributed by atoms with E-state index in [1.54, 1.807) is 4.90 Å². The van der Waals surface area contributed by atoms with Gasteiger partial charge in [-0.05, 0) is 6.92 Å². The number of benzene rings is 1. The molecule has 2 aromatic rings. The van der Waals surface area contributed by atoms with Gasteiger partial charge in [0.2, 0.25) is 6.41 Å². The highest BCUT2D eigenvalue weighted by atomic mass is 16.1. The van der Waals surface area contributed by atoms with Crippen molar-refractivity contribution in [1.29, 1.82) is 0 Å². The molecule has 0 fully saturated rings. The van der Waals surface area contributed by atoms with Crippen LogP contribution in [0.15, 0.2) is 30.3 Å². The highest BCUT2D eigenvalue weighted by Gasteiger charge is 2.25. The molecule has 92 valence electrons. The van der Waals surface area contributed by atoms with Crippen LogP contribution in [0.1, 0.15) is 18.8 Å². The van der Waals surface area contributed by atoms with Gasteiger partial charge in [-0.1, -0.05) is 30.3 Å². The Hall–Kier alpha value is -2.17. The summed E-state index contributed by atoms with van der Waals surface area (Å²) >= 11 is 0. The van der Waals surface area contributed by atoms with Crippen molar-refractivity contribution in [1.82, 2.24) is 19.7 Å². The summed E-state index contributed by atoms with van der Waals surface area (Å²) in [6.07, 6.45) is 0.872. The van der Waals surface area contributed by atoms with Gasteiger partial charge in [-0.2, -0.15) is 0 Å². The number of aromatic nitrogens is 3. The van der Waals surface area contributed by atoms with Gasteiger partial charge in [-0.3, -0.25) is 4.79 Å². The van der Waals surface area contributed by atoms with E-state index < -0.39 is 0 Å². The molecule has 2 heterocycles. The standard InChI is InChI=1S/C13H14N4O/c1-10-7-16(9-18)8-12-14-15-13(17(10)12)11-5-3-2-4-6-11/h2-6,9-10H,7-8H2,1H3. The van der Waals surface area contributed by atoms with Crippen molar-refractivity contribution in [2.45, 2.75) is 19.5 Å². The van der Waals surface area contributed by atoms with Crippen LogP contribution in [0.25, 0.3) is 11.4 Å². The smallest absolute Gasteiger partial charge is 0.210 e. The van der Waals surface area contributed by atoms with Gasteiger partial charge in [-0.25, -0.2) is 0 Å². The van der Waals surface area contributed by atoms with Gasteiger partial charge in [0.15, 0.2) is 11.6 Å². The number of hydrogen-bond acceptors (Lipinski definition) is 3. The molecular weight excluding hydrogens is 228 g/mol. The Bertz CT molecular complexity index is 564. The van der Waals surface area contributed by atoms with E-state index in [9.17, 15) is 4.79 Å². The SMILES string of the molecule is CC1CN(C=O)Cc2nnc(-c3ccccc3)n21. The lowest BCUT2D eigenvalue weighted by atomic mass is 10.1. The van der Waals surface area contributed by atoms with Crippen LogP contribution in [-0.4, -0.2) is 32.6 Å². The Morgan fingerprint density at radius 3 is 2.78 bits per heavy atom. The third kappa shape index (κ3) is 1.68. The van der Waals surface area contributed by atoms with Gasteiger partial charge < -0.3 is 9.47 Å². The summed E-state index contributed by atoms with van der Waals surface area (Å²) in [6, 6.07) is 10.2. The van der Waals surface area contributed by atoms with Crippen LogP contribution < -0.4 is 0 Å². The van der Waals surface area contributed by atoms with E-state index in [1.807, 2.05) is 30.3 Å². The Balaban J connectivity index is 2.06. The maximum absolute atomic E-state index is 10.9. The number of hydrogen-bond donors (Lipinski definition) is 0. The van der Waals surface area contributed by atoms with Crippen molar-refractivity contribution in [3.8, 4) is 11.4 Å². The van der Waals surface area contributed by atoms with E-state index in [2.05, 4.69) is 21.7 Å². The fourth-order valence-corrected chi connectivity index (χ4v) is 2.43. The molecule has 1 aromatic heterocycles. The molecular formula is C13H14N4O. The summed E-state index contributed by atoms with van der Waals surface area (Å²) in [5, 5.41) is 8.45. The molecule has 0 saturated heterocycles. The molecule has 1 amide bonds. The third-order valence-electron chi connectivity index (χ3n) is 3.23. The largest absolute Gasteiger partial charge is 0.336 e. The van der Waals surface area contributed by atoms with Gasteiger partial charge in [0.1, 0.15) is 0 Å². The highest BCUT2D eigenvalue weighted by molar-refractivity contribution is 5.56. The summed E-state index contributed by atoms with van der Waals surface area (Å²) in [5.41, 5.74) is 1.06. The van der Waals surface area contributed by atoms with Crippen molar-refractivity contribution < 1.29 is 4.79 Å². The van der Waals surface area contributed by atoms with Crippen LogP contribution in [0, 0.1) is 0 Å². The van der Waals surface area contributed by atoms with Crippen LogP contribution in [0.3, 0.4) is 0 Å². The average Bonchev–Trinajstić information content (AvgIpc) is 2.84. The van der Waals surface area contributed by atoms with Crippen molar-refractivity contribution >= 4 is 6.41 Å². The first-order valence-electron chi connectivity index (χ1n) is 5.98. The summed E-state index contributed by atoms with van der Waals surface area (Å²) in [4.78, 5) is 12.6. The maximum atomic E-state index is 10.9. The van der Waals surface area contributed by atoms with E-state index in [0.29, 0.717) is 13.1 Å². The van der Waals surface area contributed by atoms with E-state index >= 15 is 0 Å². The predicted octanol–water partition coefficient (Wildman–Crippen LogP) is 1.48. The monoisotopic (exact) mass is 242 g/mol. The number of nitrogens with zero attached hydrogens (tertiary/aromatic N) is 4. The summed E-state index contributed by atoms with van der Waals surface area (Å²) < 4.78 is 2.12. The normalized spacial score (nSPS) is 18.5. The van der Waals surface area contributed by atoms with Crippen LogP contribution in [0.5, 0.6) is 0 Å².